The van der Waals surface area contributed by atoms with E-state index < -0.39 is 5.97 Å². The number of carbonyl (C=O) groups excluding carboxylic acids is 1. The smallest absolute Gasteiger partial charge is 0.305 e. The van der Waals surface area contributed by atoms with Crippen LogP contribution >= 0.6 is 0 Å². The van der Waals surface area contributed by atoms with Crippen molar-refractivity contribution in [3.8, 4) is 0 Å². The van der Waals surface area contributed by atoms with Gasteiger partial charge in [0.05, 0.1) is 6.61 Å². The molecule has 4 heteroatoms. The summed E-state index contributed by atoms with van der Waals surface area (Å²) in [6.07, 6.45) is 4.05. The Balaban J connectivity index is 3.55. The van der Waals surface area contributed by atoms with Crippen molar-refractivity contribution in [3.63, 3.8) is 0 Å². The number of hydrogen-bond donors (Lipinski definition) is 1. The molecule has 4 nitrogen and oxygen atoms in total. The molecule has 1 N–H and O–H groups in total. The highest BCUT2D eigenvalue weighted by molar-refractivity contribution is 5.69. The molecule has 0 radical (unpaired) electrons. The van der Waals surface area contributed by atoms with Crippen LogP contribution in [0.5, 0.6) is 0 Å². The van der Waals surface area contributed by atoms with Crippen LogP contribution in [0.25, 0.3) is 0 Å². The molecule has 0 fully saturated rings. The molecule has 0 aromatic rings. The minimum Gasteiger partial charge on any atom is -0.481 e. The lowest BCUT2D eigenvalue weighted by molar-refractivity contribution is -0.145. The maximum absolute atomic E-state index is 11.4. The minimum atomic E-state index is -0.771. The largest absolute Gasteiger partial charge is 0.481 e. The van der Waals surface area contributed by atoms with Gasteiger partial charge in [-0.25, -0.2) is 0 Å². The molecule has 0 aromatic carbocycles. The topological polar surface area (TPSA) is 63.6 Å². The van der Waals surface area contributed by atoms with Crippen LogP contribution < -0.4 is 0 Å². The first-order chi connectivity index (χ1) is 8.45. The Hall–Kier alpha value is -1.06. The van der Waals surface area contributed by atoms with Gasteiger partial charge in [-0.2, -0.15) is 0 Å². The minimum absolute atomic E-state index is 0.139. The third kappa shape index (κ3) is 10.1. The van der Waals surface area contributed by atoms with Gasteiger partial charge >= 0.3 is 11.9 Å². The Kier molecular flexibility index (Phi) is 9.33. The van der Waals surface area contributed by atoms with Crippen LogP contribution in [0.2, 0.25) is 0 Å². The summed E-state index contributed by atoms with van der Waals surface area (Å²) in [5.41, 5.74) is 0. The highest BCUT2D eigenvalue weighted by Crippen LogP contribution is 2.12. The van der Waals surface area contributed by atoms with Gasteiger partial charge in [0.2, 0.25) is 0 Å². The van der Waals surface area contributed by atoms with Crippen molar-refractivity contribution >= 4 is 11.9 Å². The van der Waals surface area contributed by atoms with Crippen molar-refractivity contribution in [2.24, 2.45) is 11.8 Å². The number of aliphatic carboxylic acids is 1. The SMILES string of the molecule is CCC(C)CCC(=O)OCC(C)CCCC(=O)O. The zero-order valence-corrected chi connectivity index (χ0v) is 11.8. The summed E-state index contributed by atoms with van der Waals surface area (Å²) < 4.78 is 5.17. The average Bonchev–Trinajstić information content (AvgIpc) is 2.32. The third-order valence-electron chi connectivity index (χ3n) is 3.15. The molecule has 106 valence electrons. The molecule has 0 aliphatic rings. The van der Waals surface area contributed by atoms with Crippen LogP contribution in [0.1, 0.15) is 59.3 Å². The Bertz CT molecular complexity index is 250. The summed E-state index contributed by atoms with van der Waals surface area (Å²) in [5, 5.41) is 8.50. The first kappa shape index (κ1) is 16.9. The van der Waals surface area contributed by atoms with E-state index in [0.29, 0.717) is 25.4 Å². The summed E-state index contributed by atoms with van der Waals surface area (Å²) in [6.45, 7) is 6.62. The fourth-order valence-electron chi connectivity index (χ4n) is 1.56. The normalized spacial score (nSPS) is 13.9. The van der Waals surface area contributed by atoms with Crippen LogP contribution in [0, 0.1) is 11.8 Å². The average molecular weight is 258 g/mol. The fourth-order valence-corrected chi connectivity index (χ4v) is 1.56. The molecular formula is C14H26O4. The highest BCUT2D eigenvalue weighted by atomic mass is 16.5. The van der Waals surface area contributed by atoms with Crippen molar-refractivity contribution in [2.45, 2.75) is 59.3 Å². The van der Waals surface area contributed by atoms with Crippen LogP contribution in [-0.2, 0) is 14.3 Å². The van der Waals surface area contributed by atoms with Crippen molar-refractivity contribution in [3.05, 3.63) is 0 Å². The van der Waals surface area contributed by atoms with Gasteiger partial charge < -0.3 is 9.84 Å². The molecule has 0 aliphatic heterocycles. The van der Waals surface area contributed by atoms with E-state index in [9.17, 15) is 9.59 Å². The van der Waals surface area contributed by atoms with Crippen molar-refractivity contribution in [1.29, 1.82) is 0 Å². The summed E-state index contributed by atoms with van der Waals surface area (Å²) in [7, 11) is 0. The standard InChI is InChI=1S/C14H26O4/c1-4-11(2)8-9-14(17)18-10-12(3)6-5-7-13(15)16/h11-12H,4-10H2,1-3H3,(H,15,16). The molecule has 0 bridgehead atoms. The second-order valence-electron chi connectivity index (χ2n) is 5.13. The molecular weight excluding hydrogens is 232 g/mol. The predicted molar refractivity (Wildman–Crippen MR) is 70.3 cm³/mol. The van der Waals surface area contributed by atoms with Gasteiger partial charge in [0.15, 0.2) is 0 Å². The van der Waals surface area contributed by atoms with Crippen molar-refractivity contribution in [1.82, 2.24) is 0 Å². The van der Waals surface area contributed by atoms with Crippen molar-refractivity contribution < 1.29 is 19.4 Å². The molecule has 0 heterocycles. The van der Waals surface area contributed by atoms with Gasteiger partial charge in [-0.3, -0.25) is 9.59 Å². The first-order valence-corrected chi connectivity index (χ1v) is 6.83. The third-order valence-corrected chi connectivity index (χ3v) is 3.15. The van der Waals surface area contributed by atoms with E-state index in [1.54, 1.807) is 0 Å². The molecule has 2 atom stereocenters. The van der Waals surface area contributed by atoms with E-state index in [1.807, 2.05) is 6.92 Å². The number of esters is 1. The lowest BCUT2D eigenvalue weighted by Gasteiger charge is -2.12. The van der Waals surface area contributed by atoms with E-state index in [0.717, 1.165) is 19.3 Å². The number of ether oxygens (including phenoxy) is 1. The van der Waals surface area contributed by atoms with Crippen molar-refractivity contribution in [2.75, 3.05) is 6.61 Å². The van der Waals surface area contributed by atoms with E-state index in [-0.39, 0.29) is 18.3 Å². The van der Waals surface area contributed by atoms with E-state index in [1.165, 1.54) is 0 Å². The fraction of sp³-hybridized carbons (Fsp3) is 0.857. The molecule has 18 heavy (non-hydrogen) atoms. The monoisotopic (exact) mass is 258 g/mol. The molecule has 0 aromatic heterocycles. The molecule has 0 spiro atoms. The Morgan fingerprint density at radius 3 is 2.33 bits per heavy atom. The Morgan fingerprint density at radius 2 is 1.78 bits per heavy atom. The maximum atomic E-state index is 11.4. The lowest BCUT2D eigenvalue weighted by atomic mass is 10.0. The van der Waals surface area contributed by atoms with Crippen LogP contribution in [0.15, 0.2) is 0 Å². The number of carbonyl (C=O) groups is 2. The van der Waals surface area contributed by atoms with Gasteiger partial charge in [-0.1, -0.05) is 27.2 Å². The van der Waals surface area contributed by atoms with Gasteiger partial charge in [-0.15, -0.1) is 0 Å². The molecule has 0 amide bonds. The first-order valence-electron chi connectivity index (χ1n) is 6.83. The molecule has 2 unspecified atom stereocenters. The second kappa shape index (κ2) is 9.92. The summed E-state index contributed by atoms with van der Waals surface area (Å²) in [5.74, 6) is -0.115. The molecule has 0 rings (SSSR count). The van der Waals surface area contributed by atoms with E-state index in [2.05, 4.69) is 13.8 Å². The highest BCUT2D eigenvalue weighted by Gasteiger charge is 2.09. The predicted octanol–water partition coefficient (Wildman–Crippen LogP) is 3.25. The number of hydrogen-bond acceptors (Lipinski definition) is 3. The number of carboxylic acid groups (broad SMARTS) is 1. The van der Waals surface area contributed by atoms with E-state index in [4.69, 9.17) is 9.84 Å². The quantitative estimate of drug-likeness (QED) is 0.611. The van der Waals surface area contributed by atoms with Gasteiger partial charge in [0, 0.05) is 12.8 Å². The number of carboxylic acids is 1. The van der Waals surface area contributed by atoms with Crippen LogP contribution in [-0.4, -0.2) is 23.7 Å². The summed E-state index contributed by atoms with van der Waals surface area (Å²) >= 11 is 0. The lowest BCUT2D eigenvalue weighted by Crippen LogP contribution is -2.13. The van der Waals surface area contributed by atoms with Gasteiger partial charge in [0.25, 0.3) is 0 Å². The maximum Gasteiger partial charge on any atom is 0.305 e. The summed E-state index contributed by atoms with van der Waals surface area (Å²) in [6, 6.07) is 0. The Morgan fingerprint density at radius 1 is 1.11 bits per heavy atom. The Labute approximate surface area is 110 Å². The van der Waals surface area contributed by atoms with Gasteiger partial charge in [0.1, 0.15) is 0 Å². The molecule has 0 aliphatic carbocycles. The van der Waals surface area contributed by atoms with Crippen LogP contribution in [0.4, 0.5) is 0 Å². The second-order valence-corrected chi connectivity index (χ2v) is 5.13. The van der Waals surface area contributed by atoms with Gasteiger partial charge in [-0.05, 0) is 31.1 Å². The summed E-state index contributed by atoms with van der Waals surface area (Å²) in [4.78, 5) is 21.8. The molecule has 0 saturated carbocycles. The molecule has 0 saturated heterocycles. The van der Waals surface area contributed by atoms with Crippen LogP contribution in [0.3, 0.4) is 0 Å². The number of rotatable bonds is 10. The van der Waals surface area contributed by atoms with E-state index >= 15 is 0 Å². The zero-order chi connectivity index (χ0) is 14.0. The zero-order valence-electron chi connectivity index (χ0n) is 11.8.